The standard InChI is InChI=1S/C16H27N/c1-3-5-8-15-10-12-16(13-11-15)9-6-7-14-17-4-2/h10-13,17H,3-9,14H2,1-2H3. The first kappa shape index (κ1) is 14.2. The molecule has 1 N–H and O–H groups in total. The molecule has 0 aliphatic rings. The smallest absolute Gasteiger partial charge is 0.00489 e. The minimum absolute atomic E-state index is 1.09. The Morgan fingerprint density at radius 1 is 0.824 bits per heavy atom. The fourth-order valence-corrected chi connectivity index (χ4v) is 2.01. The monoisotopic (exact) mass is 233 g/mol. The molecule has 0 saturated heterocycles. The Hall–Kier alpha value is -0.820. The molecule has 0 atom stereocenters. The Bertz CT molecular complexity index is 276. The Labute approximate surface area is 107 Å². The minimum atomic E-state index is 1.09. The molecule has 1 aromatic rings. The van der Waals surface area contributed by atoms with Crippen LogP contribution >= 0.6 is 0 Å². The lowest BCUT2D eigenvalue weighted by Crippen LogP contribution is -2.13. The summed E-state index contributed by atoms with van der Waals surface area (Å²) in [6.07, 6.45) is 7.62. The van der Waals surface area contributed by atoms with E-state index in [4.69, 9.17) is 0 Å². The molecule has 0 radical (unpaired) electrons. The third-order valence-corrected chi connectivity index (χ3v) is 3.16. The van der Waals surface area contributed by atoms with Crippen molar-refractivity contribution in [3.8, 4) is 0 Å². The van der Waals surface area contributed by atoms with Gasteiger partial charge in [-0.15, -0.1) is 0 Å². The van der Waals surface area contributed by atoms with E-state index in [9.17, 15) is 0 Å². The Morgan fingerprint density at radius 2 is 1.41 bits per heavy atom. The number of rotatable bonds is 9. The summed E-state index contributed by atoms with van der Waals surface area (Å²) in [6.45, 7) is 6.66. The van der Waals surface area contributed by atoms with Crippen molar-refractivity contribution in [2.75, 3.05) is 13.1 Å². The van der Waals surface area contributed by atoms with Crippen LogP contribution in [0.25, 0.3) is 0 Å². The molecular formula is C16H27N. The second-order valence-corrected chi connectivity index (χ2v) is 4.73. The Balaban J connectivity index is 2.20. The van der Waals surface area contributed by atoms with Crippen LogP contribution in [0.15, 0.2) is 24.3 Å². The highest BCUT2D eigenvalue weighted by atomic mass is 14.8. The van der Waals surface area contributed by atoms with Gasteiger partial charge in [-0.3, -0.25) is 0 Å². The van der Waals surface area contributed by atoms with Gasteiger partial charge in [-0.25, -0.2) is 0 Å². The lowest BCUT2D eigenvalue weighted by atomic mass is 10.0. The molecule has 1 aromatic carbocycles. The summed E-state index contributed by atoms with van der Waals surface area (Å²) < 4.78 is 0. The van der Waals surface area contributed by atoms with Crippen molar-refractivity contribution in [3.05, 3.63) is 35.4 Å². The van der Waals surface area contributed by atoms with Crippen molar-refractivity contribution in [1.82, 2.24) is 5.32 Å². The van der Waals surface area contributed by atoms with Crippen LogP contribution in [-0.2, 0) is 12.8 Å². The molecule has 96 valence electrons. The predicted octanol–water partition coefficient (Wildman–Crippen LogP) is 3.96. The average Bonchev–Trinajstić information content (AvgIpc) is 2.37. The zero-order valence-corrected chi connectivity index (χ0v) is 11.5. The number of benzene rings is 1. The van der Waals surface area contributed by atoms with Gasteiger partial charge < -0.3 is 5.32 Å². The van der Waals surface area contributed by atoms with Gasteiger partial charge in [0.15, 0.2) is 0 Å². The topological polar surface area (TPSA) is 12.0 Å². The fraction of sp³-hybridized carbons (Fsp3) is 0.625. The first-order valence-corrected chi connectivity index (χ1v) is 7.15. The highest BCUT2D eigenvalue weighted by Gasteiger charge is 1.95. The first-order chi connectivity index (χ1) is 8.36. The molecule has 1 heteroatoms. The molecule has 0 aliphatic heterocycles. The van der Waals surface area contributed by atoms with Crippen LogP contribution in [-0.4, -0.2) is 13.1 Å². The molecule has 1 nitrogen and oxygen atoms in total. The summed E-state index contributed by atoms with van der Waals surface area (Å²) in [4.78, 5) is 0. The van der Waals surface area contributed by atoms with E-state index in [2.05, 4.69) is 43.4 Å². The molecule has 0 aromatic heterocycles. The normalized spacial score (nSPS) is 10.7. The zero-order chi connectivity index (χ0) is 12.3. The molecule has 17 heavy (non-hydrogen) atoms. The number of unbranched alkanes of at least 4 members (excludes halogenated alkanes) is 2. The average molecular weight is 233 g/mol. The van der Waals surface area contributed by atoms with E-state index in [0.717, 1.165) is 13.1 Å². The highest BCUT2D eigenvalue weighted by molar-refractivity contribution is 5.22. The van der Waals surface area contributed by atoms with Crippen LogP contribution < -0.4 is 5.32 Å². The van der Waals surface area contributed by atoms with Crippen molar-refractivity contribution < 1.29 is 0 Å². The van der Waals surface area contributed by atoms with Crippen LogP contribution in [0.4, 0.5) is 0 Å². The van der Waals surface area contributed by atoms with Gasteiger partial charge in [0.2, 0.25) is 0 Å². The second kappa shape index (κ2) is 9.23. The summed E-state index contributed by atoms with van der Waals surface area (Å²) in [5.74, 6) is 0. The van der Waals surface area contributed by atoms with E-state index in [-0.39, 0.29) is 0 Å². The van der Waals surface area contributed by atoms with E-state index in [1.807, 2.05) is 0 Å². The molecular weight excluding hydrogens is 206 g/mol. The maximum Gasteiger partial charge on any atom is -0.00489 e. The van der Waals surface area contributed by atoms with Crippen molar-refractivity contribution in [2.45, 2.75) is 52.4 Å². The molecule has 0 aliphatic carbocycles. The molecule has 0 amide bonds. The summed E-state index contributed by atoms with van der Waals surface area (Å²) in [5.41, 5.74) is 2.98. The van der Waals surface area contributed by atoms with E-state index in [1.165, 1.54) is 49.7 Å². The molecule has 0 spiro atoms. The largest absolute Gasteiger partial charge is 0.317 e. The number of nitrogens with one attached hydrogen (secondary N) is 1. The molecule has 1 rings (SSSR count). The van der Waals surface area contributed by atoms with Crippen molar-refractivity contribution in [1.29, 1.82) is 0 Å². The van der Waals surface area contributed by atoms with Gasteiger partial charge >= 0.3 is 0 Å². The molecule has 0 heterocycles. The van der Waals surface area contributed by atoms with Crippen LogP contribution in [0, 0.1) is 0 Å². The van der Waals surface area contributed by atoms with Crippen LogP contribution in [0.2, 0.25) is 0 Å². The van der Waals surface area contributed by atoms with E-state index in [1.54, 1.807) is 0 Å². The molecule has 0 fully saturated rings. The predicted molar refractivity (Wildman–Crippen MR) is 76.5 cm³/mol. The summed E-state index contributed by atoms with van der Waals surface area (Å²) in [5, 5.41) is 3.37. The van der Waals surface area contributed by atoms with Gasteiger partial charge in [0.1, 0.15) is 0 Å². The van der Waals surface area contributed by atoms with Gasteiger partial charge in [0, 0.05) is 0 Å². The SMILES string of the molecule is CCCCc1ccc(CCCCNCC)cc1. The van der Waals surface area contributed by atoms with E-state index in [0.29, 0.717) is 0 Å². The summed E-state index contributed by atoms with van der Waals surface area (Å²) in [6, 6.07) is 9.21. The number of hydrogen-bond acceptors (Lipinski definition) is 1. The Kier molecular flexibility index (Phi) is 7.74. The highest BCUT2D eigenvalue weighted by Crippen LogP contribution is 2.10. The zero-order valence-electron chi connectivity index (χ0n) is 11.5. The third-order valence-electron chi connectivity index (χ3n) is 3.16. The quantitative estimate of drug-likeness (QED) is 0.637. The fourth-order valence-electron chi connectivity index (χ4n) is 2.01. The van der Waals surface area contributed by atoms with Crippen LogP contribution in [0.5, 0.6) is 0 Å². The lowest BCUT2D eigenvalue weighted by molar-refractivity contribution is 0.641. The van der Waals surface area contributed by atoms with Crippen molar-refractivity contribution in [3.63, 3.8) is 0 Å². The maximum atomic E-state index is 3.37. The summed E-state index contributed by atoms with van der Waals surface area (Å²) >= 11 is 0. The molecule has 0 bridgehead atoms. The van der Waals surface area contributed by atoms with Gasteiger partial charge in [-0.1, -0.05) is 44.5 Å². The third kappa shape index (κ3) is 6.48. The number of aryl methyl sites for hydroxylation is 2. The summed E-state index contributed by atoms with van der Waals surface area (Å²) in [7, 11) is 0. The van der Waals surface area contributed by atoms with Gasteiger partial charge in [0.25, 0.3) is 0 Å². The minimum Gasteiger partial charge on any atom is -0.317 e. The molecule has 0 unspecified atom stereocenters. The van der Waals surface area contributed by atoms with Gasteiger partial charge in [-0.2, -0.15) is 0 Å². The van der Waals surface area contributed by atoms with E-state index >= 15 is 0 Å². The maximum absolute atomic E-state index is 3.37. The second-order valence-electron chi connectivity index (χ2n) is 4.73. The number of hydrogen-bond donors (Lipinski definition) is 1. The van der Waals surface area contributed by atoms with E-state index < -0.39 is 0 Å². The van der Waals surface area contributed by atoms with Gasteiger partial charge in [-0.05, 0) is 56.3 Å². The van der Waals surface area contributed by atoms with Crippen LogP contribution in [0.1, 0.15) is 50.7 Å². The van der Waals surface area contributed by atoms with Gasteiger partial charge in [0.05, 0.1) is 0 Å². The van der Waals surface area contributed by atoms with Crippen LogP contribution in [0.3, 0.4) is 0 Å². The first-order valence-electron chi connectivity index (χ1n) is 7.15. The van der Waals surface area contributed by atoms with Crippen molar-refractivity contribution >= 4 is 0 Å². The lowest BCUT2D eigenvalue weighted by Gasteiger charge is -2.04. The Morgan fingerprint density at radius 3 is 1.94 bits per heavy atom. The molecule has 0 saturated carbocycles. The van der Waals surface area contributed by atoms with Crippen molar-refractivity contribution in [2.24, 2.45) is 0 Å².